The quantitative estimate of drug-likeness (QED) is 0.533. The van der Waals surface area contributed by atoms with Crippen molar-refractivity contribution in [2.45, 2.75) is 19.3 Å². The van der Waals surface area contributed by atoms with Gasteiger partial charge in [-0.15, -0.1) is 0 Å². The zero-order valence-electron chi connectivity index (χ0n) is 15.5. The van der Waals surface area contributed by atoms with Crippen LogP contribution in [0, 0.1) is 18.3 Å². The molecule has 2 aromatic carbocycles. The highest BCUT2D eigenvalue weighted by molar-refractivity contribution is 8.03. The van der Waals surface area contributed by atoms with Gasteiger partial charge in [0.05, 0.1) is 29.2 Å². The number of nitriles is 1. The highest BCUT2D eigenvalue weighted by atomic mass is 35.5. The van der Waals surface area contributed by atoms with E-state index in [1.54, 1.807) is 23.1 Å². The lowest BCUT2D eigenvalue weighted by atomic mass is 9.86. The number of hydrogen-bond donors (Lipinski definition) is 0. The number of benzene rings is 2. The summed E-state index contributed by atoms with van der Waals surface area (Å²) in [6.45, 7) is 2.32. The van der Waals surface area contributed by atoms with Crippen LogP contribution in [0.25, 0.3) is 0 Å². The van der Waals surface area contributed by atoms with E-state index in [0.717, 1.165) is 11.3 Å². The molecule has 4 nitrogen and oxygen atoms in total. The first-order valence-electron chi connectivity index (χ1n) is 8.93. The van der Waals surface area contributed by atoms with Crippen LogP contribution >= 0.6 is 46.6 Å². The SMILES string of the molecule is Cc1ccc(N2CSC3=C(C#N)[C@H](c4c(Cl)cccc4Cl)CC(=O)N3C2)cc1Cl. The average Bonchev–Trinajstić information content (AvgIpc) is 2.70. The van der Waals surface area contributed by atoms with E-state index in [9.17, 15) is 10.1 Å². The van der Waals surface area contributed by atoms with Crippen molar-refractivity contribution in [1.29, 1.82) is 5.26 Å². The Hall–Kier alpha value is -1.84. The number of nitrogens with zero attached hydrogens (tertiary/aromatic N) is 3. The van der Waals surface area contributed by atoms with E-state index in [4.69, 9.17) is 34.8 Å². The van der Waals surface area contributed by atoms with Crippen LogP contribution in [0.3, 0.4) is 0 Å². The molecule has 1 atom stereocenters. The van der Waals surface area contributed by atoms with Gasteiger partial charge in [0.25, 0.3) is 0 Å². The minimum absolute atomic E-state index is 0.0598. The Morgan fingerprint density at radius 1 is 1.14 bits per heavy atom. The van der Waals surface area contributed by atoms with Crippen molar-refractivity contribution in [3.63, 3.8) is 0 Å². The van der Waals surface area contributed by atoms with Crippen LogP contribution in [0.5, 0.6) is 0 Å². The van der Waals surface area contributed by atoms with Crippen LogP contribution in [0.2, 0.25) is 15.1 Å². The summed E-state index contributed by atoms with van der Waals surface area (Å²) in [6.07, 6.45) is 0.152. The predicted octanol–water partition coefficient (Wildman–Crippen LogP) is 6.17. The number of hydrogen-bond acceptors (Lipinski definition) is 4. The van der Waals surface area contributed by atoms with Crippen molar-refractivity contribution < 1.29 is 4.79 Å². The second-order valence-electron chi connectivity index (χ2n) is 6.93. The lowest BCUT2D eigenvalue weighted by molar-refractivity contribution is -0.129. The Labute approximate surface area is 188 Å². The van der Waals surface area contributed by atoms with E-state index < -0.39 is 5.92 Å². The maximum atomic E-state index is 13.0. The van der Waals surface area contributed by atoms with Crippen molar-refractivity contribution in [3.05, 3.63) is 73.2 Å². The van der Waals surface area contributed by atoms with Crippen LogP contribution in [0.4, 0.5) is 5.69 Å². The fourth-order valence-electron chi connectivity index (χ4n) is 3.59. The molecule has 2 heterocycles. The first-order chi connectivity index (χ1) is 13.9. The standard InChI is InChI=1S/C21H16Cl3N3OS/c1-12-5-6-13(7-18(12)24)26-10-27-19(28)8-14(15(9-25)21(27)29-11-26)20-16(22)3-2-4-17(20)23/h2-7,14H,8,10-11H2,1H3/t14-/m1/s1. The molecule has 148 valence electrons. The Morgan fingerprint density at radius 3 is 2.52 bits per heavy atom. The van der Waals surface area contributed by atoms with Gasteiger partial charge in [0, 0.05) is 33.1 Å². The maximum Gasteiger partial charge on any atom is 0.229 e. The fraction of sp³-hybridized carbons (Fsp3) is 0.238. The number of carbonyl (C=O) groups is 1. The summed E-state index contributed by atoms with van der Waals surface area (Å²) >= 11 is 20.5. The molecule has 0 saturated carbocycles. The lowest BCUT2D eigenvalue weighted by Crippen LogP contribution is -2.47. The fourth-order valence-corrected chi connectivity index (χ4v) is 5.60. The number of anilines is 1. The molecule has 0 aromatic heterocycles. The van der Waals surface area contributed by atoms with E-state index in [1.165, 1.54) is 11.8 Å². The second kappa shape index (κ2) is 8.12. The normalized spacial score (nSPS) is 19.3. The van der Waals surface area contributed by atoms with Crippen molar-refractivity contribution in [2.24, 2.45) is 0 Å². The molecule has 1 saturated heterocycles. The van der Waals surface area contributed by atoms with Gasteiger partial charge in [0.2, 0.25) is 5.91 Å². The number of carbonyl (C=O) groups excluding carboxylic acids is 1. The van der Waals surface area contributed by atoms with Crippen LogP contribution in [0.1, 0.15) is 23.5 Å². The molecule has 29 heavy (non-hydrogen) atoms. The molecule has 0 aliphatic carbocycles. The van der Waals surface area contributed by atoms with Gasteiger partial charge in [0.1, 0.15) is 0 Å². The largest absolute Gasteiger partial charge is 0.344 e. The van der Waals surface area contributed by atoms with Crippen LogP contribution in [0.15, 0.2) is 47.0 Å². The summed E-state index contributed by atoms with van der Waals surface area (Å²) in [4.78, 5) is 16.8. The van der Waals surface area contributed by atoms with Crippen LogP contribution in [-0.2, 0) is 4.79 Å². The minimum Gasteiger partial charge on any atom is -0.344 e. The number of aryl methyl sites for hydroxylation is 1. The van der Waals surface area contributed by atoms with E-state index in [0.29, 0.717) is 43.8 Å². The zero-order chi connectivity index (χ0) is 20.7. The van der Waals surface area contributed by atoms with Gasteiger partial charge < -0.3 is 4.90 Å². The first kappa shape index (κ1) is 20.4. The second-order valence-corrected chi connectivity index (χ2v) is 9.09. The van der Waals surface area contributed by atoms with E-state index in [-0.39, 0.29) is 12.3 Å². The molecule has 1 amide bonds. The van der Waals surface area contributed by atoms with E-state index >= 15 is 0 Å². The number of fused-ring (bicyclic) bond motifs is 1. The van der Waals surface area contributed by atoms with Crippen molar-refractivity contribution >= 4 is 58.2 Å². The first-order valence-corrected chi connectivity index (χ1v) is 11.0. The number of halogens is 3. The summed E-state index contributed by atoms with van der Waals surface area (Å²) in [5.41, 5.74) is 3.11. The summed E-state index contributed by atoms with van der Waals surface area (Å²) in [5.74, 6) is 0.107. The molecule has 4 rings (SSSR count). The molecule has 2 aliphatic rings. The summed E-state index contributed by atoms with van der Waals surface area (Å²) in [5, 5.41) is 12.2. The van der Waals surface area contributed by atoms with Gasteiger partial charge >= 0.3 is 0 Å². The van der Waals surface area contributed by atoms with Gasteiger partial charge in [-0.25, -0.2) is 0 Å². The molecule has 0 unspecified atom stereocenters. The molecule has 0 spiro atoms. The molecule has 0 N–H and O–H groups in total. The van der Waals surface area contributed by atoms with Crippen LogP contribution < -0.4 is 4.90 Å². The van der Waals surface area contributed by atoms with Gasteiger partial charge in [-0.1, -0.05) is 58.7 Å². The summed E-state index contributed by atoms with van der Waals surface area (Å²) in [6, 6.07) is 13.4. The minimum atomic E-state index is -0.437. The topological polar surface area (TPSA) is 47.3 Å². The Balaban J connectivity index is 1.70. The molecule has 2 aromatic rings. The zero-order valence-corrected chi connectivity index (χ0v) is 18.5. The predicted molar refractivity (Wildman–Crippen MR) is 119 cm³/mol. The third kappa shape index (κ3) is 3.71. The summed E-state index contributed by atoms with van der Waals surface area (Å²) in [7, 11) is 0. The monoisotopic (exact) mass is 463 g/mol. The van der Waals surface area contributed by atoms with Crippen molar-refractivity contribution in [2.75, 3.05) is 17.4 Å². The highest BCUT2D eigenvalue weighted by Gasteiger charge is 2.39. The molecular formula is C21H16Cl3N3OS. The Morgan fingerprint density at radius 2 is 1.86 bits per heavy atom. The van der Waals surface area contributed by atoms with Gasteiger partial charge in [0.15, 0.2) is 0 Å². The summed E-state index contributed by atoms with van der Waals surface area (Å²) < 4.78 is 0. The number of thioether (sulfide) groups is 1. The van der Waals surface area contributed by atoms with Crippen molar-refractivity contribution in [3.8, 4) is 6.07 Å². The molecule has 0 radical (unpaired) electrons. The molecule has 2 aliphatic heterocycles. The molecular weight excluding hydrogens is 449 g/mol. The molecule has 1 fully saturated rings. The Kier molecular flexibility index (Phi) is 5.72. The van der Waals surface area contributed by atoms with E-state index in [1.807, 2.05) is 25.1 Å². The number of rotatable bonds is 2. The lowest BCUT2D eigenvalue weighted by Gasteiger charge is -2.42. The van der Waals surface area contributed by atoms with Crippen molar-refractivity contribution in [1.82, 2.24) is 4.90 Å². The molecule has 8 heteroatoms. The van der Waals surface area contributed by atoms with Gasteiger partial charge in [-0.3, -0.25) is 9.69 Å². The third-order valence-corrected chi connectivity index (χ3v) is 7.38. The third-order valence-electron chi connectivity index (χ3n) is 5.16. The number of amides is 1. The molecule has 0 bridgehead atoms. The van der Waals surface area contributed by atoms with Crippen LogP contribution in [-0.4, -0.2) is 23.4 Å². The Bertz CT molecular complexity index is 1060. The van der Waals surface area contributed by atoms with E-state index in [2.05, 4.69) is 11.0 Å². The van der Waals surface area contributed by atoms with Gasteiger partial charge in [-0.2, -0.15) is 5.26 Å². The van der Waals surface area contributed by atoms with Gasteiger partial charge in [-0.05, 0) is 42.3 Å². The smallest absolute Gasteiger partial charge is 0.229 e. The highest BCUT2D eigenvalue weighted by Crippen LogP contribution is 2.46. The maximum absolute atomic E-state index is 13.0. The average molecular weight is 465 g/mol. The number of allylic oxidation sites excluding steroid dienone is 1.